The number of nitrogens with two attached hydrogens (primary N) is 1. The molecule has 0 bridgehead atoms. The van der Waals surface area contributed by atoms with Gasteiger partial charge in [0.2, 0.25) is 5.89 Å². The van der Waals surface area contributed by atoms with Gasteiger partial charge >= 0.3 is 0 Å². The van der Waals surface area contributed by atoms with Crippen molar-refractivity contribution < 1.29 is 4.52 Å². The van der Waals surface area contributed by atoms with Gasteiger partial charge < -0.3 is 10.3 Å². The van der Waals surface area contributed by atoms with Gasteiger partial charge in [-0.05, 0) is 20.3 Å². The minimum Gasteiger partial charge on any atom is -0.339 e. The molecule has 2 N–H and O–H groups in total. The highest BCUT2D eigenvalue weighted by Gasteiger charge is 2.25. The van der Waals surface area contributed by atoms with Gasteiger partial charge in [-0.3, -0.25) is 0 Å². The molecule has 0 aliphatic carbocycles. The van der Waals surface area contributed by atoms with Crippen LogP contribution >= 0.6 is 0 Å². The Balaban J connectivity index is 2.67. The van der Waals surface area contributed by atoms with Crippen molar-refractivity contribution in [2.75, 3.05) is 6.54 Å². The van der Waals surface area contributed by atoms with Crippen molar-refractivity contribution in [2.45, 2.75) is 45.4 Å². The molecule has 1 aromatic heterocycles. The Kier molecular flexibility index (Phi) is 3.63. The minimum absolute atomic E-state index is 0.211. The average molecular weight is 197 g/mol. The second kappa shape index (κ2) is 4.55. The molecule has 4 nitrogen and oxygen atoms in total. The molecule has 0 saturated heterocycles. The van der Waals surface area contributed by atoms with Crippen LogP contribution in [0.2, 0.25) is 0 Å². The first-order valence-corrected chi connectivity index (χ1v) is 5.13. The lowest BCUT2D eigenvalue weighted by molar-refractivity contribution is 0.309. The summed E-state index contributed by atoms with van der Waals surface area (Å²) < 4.78 is 5.18. The van der Waals surface area contributed by atoms with Crippen LogP contribution in [0.5, 0.6) is 0 Å². The summed E-state index contributed by atoms with van der Waals surface area (Å²) >= 11 is 0. The summed E-state index contributed by atoms with van der Waals surface area (Å²) in [4.78, 5) is 4.33. The van der Waals surface area contributed by atoms with Gasteiger partial charge in [0.05, 0.1) is 5.41 Å². The van der Waals surface area contributed by atoms with E-state index in [1.165, 1.54) is 0 Å². The van der Waals surface area contributed by atoms with E-state index in [1.54, 1.807) is 0 Å². The molecule has 0 spiro atoms. The lowest BCUT2D eigenvalue weighted by Crippen LogP contribution is -2.28. The van der Waals surface area contributed by atoms with Crippen LogP contribution in [0, 0.1) is 0 Å². The summed E-state index contributed by atoms with van der Waals surface area (Å²) in [5.74, 6) is 1.44. The molecule has 0 aliphatic rings. The third-order valence-corrected chi connectivity index (χ3v) is 2.31. The van der Waals surface area contributed by atoms with E-state index < -0.39 is 0 Å². The highest BCUT2D eigenvalue weighted by Crippen LogP contribution is 2.19. The minimum atomic E-state index is -0.211. The second-order valence-electron chi connectivity index (χ2n) is 4.21. The van der Waals surface area contributed by atoms with Crippen LogP contribution in [0.15, 0.2) is 4.52 Å². The summed E-state index contributed by atoms with van der Waals surface area (Å²) in [7, 11) is 0. The van der Waals surface area contributed by atoms with Crippen LogP contribution in [0.3, 0.4) is 0 Å². The normalized spacial score (nSPS) is 12.0. The van der Waals surface area contributed by atoms with Gasteiger partial charge in [-0.2, -0.15) is 4.98 Å². The molecule has 0 atom stereocenters. The quantitative estimate of drug-likeness (QED) is 0.779. The van der Waals surface area contributed by atoms with Gasteiger partial charge in [0.1, 0.15) is 0 Å². The third kappa shape index (κ3) is 2.54. The van der Waals surface area contributed by atoms with E-state index in [4.69, 9.17) is 10.3 Å². The molecule has 14 heavy (non-hydrogen) atoms. The van der Waals surface area contributed by atoms with Gasteiger partial charge in [0.15, 0.2) is 5.82 Å². The van der Waals surface area contributed by atoms with Crippen LogP contribution in [-0.4, -0.2) is 16.7 Å². The van der Waals surface area contributed by atoms with Crippen LogP contribution < -0.4 is 5.73 Å². The Bertz CT molecular complexity index is 281. The van der Waals surface area contributed by atoms with Crippen LogP contribution in [0.1, 0.15) is 45.3 Å². The Morgan fingerprint density at radius 1 is 1.43 bits per heavy atom. The monoisotopic (exact) mass is 197 g/mol. The smallest absolute Gasteiger partial charge is 0.233 e. The lowest BCUT2D eigenvalue weighted by Gasteiger charge is -2.15. The molecule has 0 aliphatic heterocycles. The van der Waals surface area contributed by atoms with E-state index in [1.807, 2.05) is 13.8 Å². The number of aryl methyl sites for hydroxylation is 1. The number of hydrogen-bond donors (Lipinski definition) is 1. The molecule has 0 aromatic carbocycles. The molecule has 1 heterocycles. The maximum Gasteiger partial charge on any atom is 0.233 e. The largest absolute Gasteiger partial charge is 0.339 e. The van der Waals surface area contributed by atoms with Gasteiger partial charge in [-0.15, -0.1) is 0 Å². The zero-order valence-electron chi connectivity index (χ0n) is 9.21. The van der Waals surface area contributed by atoms with E-state index in [-0.39, 0.29) is 5.41 Å². The molecule has 80 valence electrons. The van der Waals surface area contributed by atoms with Crippen LogP contribution in [-0.2, 0) is 11.8 Å². The molecule has 4 heteroatoms. The number of nitrogens with zero attached hydrogens (tertiary/aromatic N) is 2. The average Bonchev–Trinajstić information content (AvgIpc) is 2.63. The first-order chi connectivity index (χ1) is 6.60. The lowest BCUT2D eigenvalue weighted by atomic mass is 9.94. The molecule has 0 amide bonds. The van der Waals surface area contributed by atoms with Crippen LogP contribution in [0.4, 0.5) is 0 Å². The van der Waals surface area contributed by atoms with Crippen molar-refractivity contribution >= 4 is 0 Å². The number of unbranched alkanes of at least 4 members (excludes halogenated alkanes) is 1. The van der Waals surface area contributed by atoms with Gasteiger partial charge in [0, 0.05) is 13.0 Å². The predicted octanol–water partition coefficient (Wildman–Crippen LogP) is 1.65. The topological polar surface area (TPSA) is 64.9 Å². The van der Waals surface area contributed by atoms with Crippen LogP contribution in [0.25, 0.3) is 0 Å². The fraction of sp³-hybridized carbons (Fsp3) is 0.800. The van der Waals surface area contributed by atoms with Crippen molar-refractivity contribution in [3.05, 3.63) is 11.7 Å². The zero-order valence-corrected chi connectivity index (χ0v) is 9.21. The molecule has 0 saturated carbocycles. The Morgan fingerprint density at radius 2 is 2.14 bits per heavy atom. The molecule has 0 fully saturated rings. The number of hydrogen-bond acceptors (Lipinski definition) is 4. The van der Waals surface area contributed by atoms with E-state index in [0.717, 1.165) is 25.1 Å². The number of rotatable bonds is 5. The summed E-state index contributed by atoms with van der Waals surface area (Å²) in [5, 5.41) is 3.93. The SMILES string of the molecule is CCCCc1noc(C(C)(C)CN)n1. The molecule has 1 rings (SSSR count). The zero-order chi connectivity index (χ0) is 10.6. The summed E-state index contributed by atoms with van der Waals surface area (Å²) in [5.41, 5.74) is 5.41. The maximum atomic E-state index is 5.62. The fourth-order valence-corrected chi connectivity index (χ4v) is 1.05. The first kappa shape index (κ1) is 11.2. The van der Waals surface area contributed by atoms with Crippen molar-refractivity contribution in [3.8, 4) is 0 Å². The Labute approximate surface area is 84.9 Å². The van der Waals surface area contributed by atoms with Crippen molar-refractivity contribution in [1.29, 1.82) is 0 Å². The van der Waals surface area contributed by atoms with Crippen molar-refractivity contribution in [3.63, 3.8) is 0 Å². The first-order valence-electron chi connectivity index (χ1n) is 5.13. The third-order valence-electron chi connectivity index (χ3n) is 2.31. The summed E-state index contributed by atoms with van der Waals surface area (Å²) in [6.07, 6.45) is 3.13. The molecule has 0 unspecified atom stereocenters. The Hall–Kier alpha value is -0.900. The van der Waals surface area contributed by atoms with Gasteiger partial charge in [0.25, 0.3) is 0 Å². The Morgan fingerprint density at radius 3 is 2.71 bits per heavy atom. The molecular formula is C10H19N3O. The van der Waals surface area contributed by atoms with E-state index in [0.29, 0.717) is 12.4 Å². The molecule has 0 radical (unpaired) electrons. The maximum absolute atomic E-state index is 5.62. The van der Waals surface area contributed by atoms with E-state index >= 15 is 0 Å². The summed E-state index contributed by atoms with van der Waals surface area (Å²) in [6, 6.07) is 0. The fourth-order valence-electron chi connectivity index (χ4n) is 1.05. The van der Waals surface area contributed by atoms with Gasteiger partial charge in [-0.1, -0.05) is 18.5 Å². The molecule has 1 aromatic rings. The number of aromatic nitrogens is 2. The van der Waals surface area contributed by atoms with E-state index in [2.05, 4.69) is 17.1 Å². The summed E-state index contributed by atoms with van der Waals surface area (Å²) in [6.45, 7) is 6.67. The standard InChI is InChI=1S/C10H19N3O/c1-4-5-6-8-12-9(14-13-8)10(2,3)7-11/h4-7,11H2,1-3H3. The van der Waals surface area contributed by atoms with Crippen molar-refractivity contribution in [2.24, 2.45) is 5.73 Å². The van der Waals surface area contributed by atoms with E-state index in [9.17, 15) is 0 Å². The molecular weight excluding hydrogens is 178 g/mol. The highest BCUT2D eigenvalue weighted by atomic mass is 16.5. The van der Waals surface area contributed by atoms with Gasteiger partial charge in [-0.25, -0.2) is 0 Å². The highest BCUT2D eigenvalue weighted by molar-refractivity contribution is 5.01. The second-order valence-corrected chi connectivity index (χ2v) is 4.21. The van der Waals surface area contributed by atoms with Crippen molar-refractivity contribution in [1.82, 2.24) is 10.1 Å². The predicted molar refractivity (Wildman–Crippen MR) is 55.0 cm³/mol.